The number of ether oxygens (including phenoxy) is 1. The molecule has 1 rings (SSSR count). The molecule has 134 valence electrons. The molecule has 0 aliphatic rings. The van der Waals surface area contributed by atoms with Crippen LogP contribution in [0.1, 0.15) is 78.3 Å². The number of carbonyl (C=O) groups is 2. The number of carbonyl (C=O) groups excluding carboxylic acids is 1. The third-order valence-electron chi connectivity index (χ3n) is 3.92. The van der Waals surface area contributed by atoms with Crippen molar-refractivity contribution in [1.29, 1.82) is 0 Å². The molecule has 1 N–H and O–H groups in total. The Kier molecular flexibility index (Phi) is 8.26. The second kappa shape index (κ2) is 9.67. The van der Waals surface area contributed by atoms with Crippen molar-refractivity contribution in [2.24, 2.45) is 5.92 Å². The molecule has 0 amide bonds. The molecule has 0 bridgehead atoms. The highest BCUT2D eigenvalue weighted by Gasteiger charge is 2.25. The van der Waals surface area contributed by atoms with Gasteiger partial charge in [0.15, 0.2) is 0 Å². The number of halogens is 1. The van der Waals surface area contributed by atoms with Gasteiger partial charge in [-0.15, -0.1) is 0 Å². The number of aromatic carboxylic acids is 1. The largest absolute Gasteiger partial charge is 0.478 e. The molecule has 0 radical (unpaired) electrons. The van der Waals surface area contributed by atoms with Crippen molar-refractivity contribution in [3.05, 3.63) is 33.3 Å². The third-order valence-corrected chi connectivity index (χ3v) is 4.44. The van der Waals surface area contributed by atoms with E-state index in [0.717, 1.165) is 25.7 Å². The summed E-state index contributed by atoms with van der Waals surface area (Å²) in [6.45, 7) is 8.30. The van der Waals surface area contributed by atoms with Crippen molar-refractivity contribution in [2.75, 3.05) is 6.61 Å². The zero-order valence-corrected chi connectivity index (χ0v) is 15.7. The zero-order chi connectivity index (χ0) is 18.3. The second-order valence-corrected chi connectivity index (χ2v) is 6.87. The number of benzene rings is 1. The summed E-state index contributed by atoms with van der Waals surface area (Å²) in [4.78, 5) is 24.1. The van der Waals surface area contributed by atoms with Gasteiger partial charge in [0.2, 0.25) is 0 Å². The van der Waals surface area contributed by atoms with Gasteiger partial charge in [0.1, 0.15) is 0 Å². The molecular formula is C19H27ClO4. The van der Waals surface area contributed by atoms with Crippen molar-refractivity contribution in [2.45, 2.75) is 59.8 Å². The first-order chi connectivity index (χ1) is 11.3. The van der Waals surface area contributed by atoms with E-state index < -0.39 is 11.9 Å². The van der Waals surface area contributed by atoms with Crippen LogP contribution in [0.15, 0.2) is 6.07 Å². The summed E-state index contributed by atoms with van der Waals surface area (Å²) in [5.41, 5.74) is 1.31. The molecule has 24 heavy (non-hydrogen) atoms. The van der Waals surface area contributed by atoms with E-state index in [9.17, 15) is 14.7 Å². The van der Waals surface area contributed by atoms with Gasteiger partial charge >= 0.3 is 11.9 Å². The Bertz CT molecular complexity index is 594. The molecule has 0 aliphatic carbocycles. The van der Waals surface area contributed by atoms with Crippen LogP contribution in [-0.4, -0.2) is 23.7 Å². The molecule has 0 aliphatic heterocycles. The lowest BCUT2D eigenvalue weighted by Crippen LogP contribution is -2.16. The molecule has 0 unspecified atom stereocenters. The van der Waals surface area contributed by atoms with E-state index in [0.29, 0.717) is 35.1 Å². The Morgan fingerprint density at radius 3 is 2.50 bits per heavy atom. The minimum absolute atomic E-state index is 0.0177. The SMILES string of the molecule is CCCCOC(=O)c1cc(C)c(Cl)c(CCCC(C)C)c1C(=O)O. The molecule has 0 fully saturated rings. The smallest absolute Gasteiger partial charge is 0.339 e. The predicted octanol–water partition coefficient (Wildman–Crippen LogP) is 5.28. The fraction of sp³-hybridized carbons (Fsp3) is 0.579. The van der Waals surface area contributed by atoms with Crippen LogP contribution in [0.3, 0.4) is 0 Å². The van der Waals surface area contributed by atoms with E-state index in [1.165, 1.54) is 6.07 Å². The molecule has 1 aromatic carbocycles. The quantitative estimate of drug-likeness (QED) is 0.484. The number of carboxylic acids is 1. The maximum atomic E-state index is 12.3. The van der Waals surface area contributed by atoms with Crippen molar-refractivity contribution >= 4 is 23.5 Å². The summed E-state index contributed by atoms with van der Waals surface area (Å²) in [6.07, 6.45) is 3.99. The first-order valence-corrected chi connectivity index (χ1v) is 8.89. The number of hydrogen-bond acceptors (Lipinski definition) is 3. The minimum Gasteiger partial charge on any atom is -0.478 e. The summed E-state index contributed by atoms with van der Waals surface area (Å²) in [7, 11) is 0. The van der Waals surface area contributed by atoms with Gasteiger partial charge in [-0.05, 0) is 49.3 Å². The van der Waals surface area contributed by atoms with Crippen molar-refractivity contribution < 1.29 is 19.4 Å². The highest BCUT2D eigenvalue weighted by Crippen LogP contribution is 2.30. The average molecular weight is 355 g/mol. The summed E-state index contributed by atoms with van der Waals surface area (Å²) >= 11 is 6.35. The number of aryl methyl sites for hydroxylation is 1. The summed E-state index contributed by atoms with van der Waals surface area (Å²) in [6, 6.07) is 1.52. The van der Waals surface area contributed by atoms with Gasteiger partial charge in [-0.25, -0.2) is 9.59 Å². The van der Waals surface area contributed by atoms with Crippen LogP contribution >= 0.6 is 11.6 Å². The normalized spacial score (nSPS) is 10.9. The summed E-state index contributed by atoms with van der Waals surface area (Å²) in [5.74, 6) is -1.20. The first-order valence-electron chi connectivity index (χ1n) is 8.51. The van der Waals surface area contributed by atoms with Crippen LogP contribution in [0.5, 0.6) is 0 Å². The van der Waals surface area contributed by atoms with Crippen LogP contribution < -0.4 is 0 Å². The topological polar surface area (TPSA) is 63.6 Å². The van der Waals surface area contributed by atoms with Crippen molar-refractivity contribution in [3.63, 3.8) is 0 Å². The number of hydrogen-bond donors (Lipinski definition) is 1. The van der Waals surface area contributed by atoms with Gasteiger partial charge in [0.05, 0.1) is 17.7 Å². The average Bonchev–Trinajstić information content (AvgIpc) is 2.50. The van der Waals surface area contributed by atoms with Crippen LogP contribution in [0, 0.1) is 12.8 Å². The third kappa shape index (κ3) is 5.52. The van der Waals surface area contributed by atoms with Crippen molar-refractivity contribution in [1.82, 2.24) is 0 Å². The number of rotatable bonds is 9. The van der Waals surface area contributed by atoms with Gasteiger partial charge in [-0.1, -0.05) is 45.2 Å². The monoisotopic (exact) mass is 354 g/mol. The van der Waals surface area contributed by atoms with Crippen LogP contribution in [0.25, 0.3) is 0 Å². The number of carboxylic acid groups (broad SMARTS) is 1. The van der Waals surface area contributed by atoms with Crippen LogP contribution in [0.4, 0.5) is 0 Å². The van der Waals surface area contributed by atoms with E-state index in [-0.39, 0.29) is 11.1 Å². The Hall–Kier alpha value is -1.55. The van der Waals surface area contributed by atoms with Crippen molar-refractivity contribution in [3.8, 4) is 0 Å². The molecule has 0 spiro atoms. The molecule has 0 aromatic heterocycles. The molecule has 0 heterocycles. The van der Waals surface area contributed by atoms with Crippen LogP contribution in [-0.2, 0) is 11.2 Å². The Balaban J connectivity index is 3.21. The zero-order valence-electron chi connectivity index (χ0n) is 14.9. The summed E-state index contributed by atoms with van der Waals surface area (Å²) in [5, 5.41) is 10.1. The highest BCUT2D eigenvalue weighted by atomic mass is 35.5. The van der Waals surface area contributed by atoms with Gasteiger partial charge < -0.3 is 9.84 Å². The maximum absolute atomic E-state index is 12.3. The Morgan fingerprint density at radius 2 is 1.96 bits per heavy atom. The fourth-order valence-electron chi connectivity index (χ4n) is 2.58. The summed E-state index contributed by atoms with van der Waals surface area (Å²) < 4.78 is 5.21. The van der Waals surface area contributed by atoms with E-state index in [2.05, 4.69) is 13.8 Å². The molecule has 0 atom stereocenters. The molecule has 0 saturated carbocycles. The fourth-order valence-corrected chi connectivity index (χ4v) is 2.82. The van der Waals surface area contributed by atoms with Gasteiger partial charge in [0.25, 0.3) is 0 Å². The molecular weight excluding hydrogens is 328 g/mol. The number of unbranched alkanes of at least 4 members (excludes halogenated alkanes) is 1. The lowest BCUT2D eigenvalue weighted by Gasteiger charge is -2.16. The first kappa shape index (κ1) is 20.5. The molecule has 5 heteroatoms. The Morgan fingerprint density at radius 1 is 1.29 bits per heavy atom. The van der Waals surface area contributed by atoms with E-state index >= 15 is 0 Å². The maximum Gasteiger partial charge on any atom is 0.339 e. The lowest BCUT2D eigenvalue weighted by molar-refractivity contribution is 0.0489. The van der Waals surface area contributed by atoms with E-state index in [1.807, 2.05) is 6.92 Å². The molecule has 1 aromatic rings. The van der Waals surface area contributed by atoms with E-state index in [1.54, 1.807) is 6.92 Å². The van der Waals surface area contributed by atoms with Gasteiger partial charge in [0, 0.05) is 5.02 Å². The predicted molar refractivity (Wildman–Crippen MR) is 96.1 cm³/mol. The molecule has 0 saturated heterocycles. The minimum atomic E-state index is -1.14. The second-order valence-electron chi connectivity index (χ2n) is 6.49. The van der Waals surface area contributed by atoms with Crippen LogP contribution in [0.2, 0.25) is 5.02 Å². The van der Waals surface area contributed by atoms with Gasteiger partial charge in [-0.2, -0.15) is 0 Å². The van der Waals surface area contributed by atoms with Gasteiger partial charge in [-0.3, -0.25) is 0 Å². The molecule has 4 nitrogen and oxygen atoms in total. The van der Waals surface area contributed by atoms with E-state index in [4.69, 9.17) is 16.3 Å². The number of esters is 1. The highest BCUT2D eigenvalue weighted by molar-refractivity contribution is 6.33. The lowest BCUT2D eigenvalue weighted by atomic mass is 9.93. The Labute approximate surface area is 149 Å². The standard InChI is InChI=1S/C19H27ClO4/c1-5-6-10-24-19(23)15-11-13(4)17(20)14(16(15)18(21)22)9-7-8-12(2)3/h11-12H,5-10H2,1-4H3,(H,21,22).